The molecule has 4 rings (SSSR count). The second-order valence-corrected chi connectivity index (χ2v) is 25.6. The van der Waals surface area contributed by atoms with Gasteiger partial charge in [0.25, 0.3) is 0 Å². The van der Waals surface area contributed by atoms with E-state index in [0.717, 1.165) is 67.4 Å². The van der Waals surface area contributed by atoms with Gasteiger partial charge < -0.3 is 44.0 Å². The SMILES string of the molecule is CCCCCCCCCCCCC/C=C/[C@@H](OC(=O)CCC(=O)OC[C@H]1O[C@@H](Sc2ccc(C)cc2)[C@H](OC(=O)c2ccccc2)[C@@H](OCc2ccc(OC)cc2)[C@@H]1O)[C@H](CO)NC(=O)CCCCCCCCCCCCCCCCCCCCCCC. The second kappa shape index (κ2) is 49.0. The summed E-state index contributed by atoms with van der Waals surface area (Å²) in [4.78, 5) is 54.8. The van der Waals surface area contributed by atoms with E-state index >= 15 is 0 Å². The number of methoxy groups -OCH3 is 1. The number of thioether (sulfide) groups is 1. The zero-order valence-corrected chi connectivity index (χ0v) is 55.5. The fourth-order valence-electron chi connectivity index (χ4n) is 11.2. The number of benzene rings is 3. The topological polar surface area (TPSA) is 176 Å². The molecule has 88 heavy (non-hydrogen) atoms. The molecule has 0 aliphatic carbocycles. The molecule has 13 nitrogen and oxygen atoms in total. The third-order valence-electron chi connectivity index (χ3n) is 16.7. The third kappa shape index (κ3) is 33.9. The minimum atomic E-state index is -1.43. The van der Waals surface area contributed by atoms with Gasteiger partial charge in [0.1, 0.15) is 42.2 Å². The van der Waals surface area contributed by atoms with Gasteiger partial charge in [-0.05, 0) is 74.2 Å². The quantitative estimate of drug-likeness (QED) is 0.0211. The molecular formula is C74H115NO12S. The maximum atomic E-state index is 13.7. The Kier molecular flexibility index (Phi) is 42.2. The van der Waals surface area contributed by atoms with E-state index in [1.54, 1.807) is 55.7 Å². The summed E-state index contributed by atoms with van der Waals surface area (Å²) in [5.74, 6) is -1.60. The predicted molar refractivity (Wildman–Crippen MR) is 355 cm³/mol. The molecule has 0 unspecified atom stereocenters. The number of unbranched alkanes of at least 4 members (excludes halogenated alkanes) is 31. The first kappa shape index (κ1) is 75.7. The van der Waals surface area contributed by atoms with Crippen molar-refractivity contribution in [2.75, 3.05) is 20.3 Å². The molecule has 1 heterocycles. The number of carbonyl (C=O) groups is 4. The number of aliphatic hydroxyl groups excluding tert-OH is 2. The van der Waals surface area contributed by atoms with Crippen molar-refractivity contribution in [2.45, 2.75) is 305 Å². The number of aryl methyl sites for hydroxylation is 1. The molecule has 3 N–H and O–H groups in total. The fraction of sp³-hybridized carbons (Fsp3) is 0.676. The molecule has 494 valence electrons. The standard InChI is InChI=1S/C74H115NO12S/c1-5-7-9-11-13-15-17-19-20-21-22-23-24-25-26-28-30-32-34-36-41-45-67(77)75-64(56-76)65(44-40-35-33-31-29-27-18-16-14-12-10-8-6-2)85-69(79)55-54-68(78)83-58-66-70(80)71(84-57-60-48-50-62(82-4)51-49-60)72(87-73(81)61-42-38-37-39-43-61)74(86-66)88-63-52-46-59(3)47-53-63/h37-40,42-44,46-53,64-66,70-72,74,76,80H,5-36,41,45,54-58H2,1-4H3,(H,75,77)/b44-40+/t64-,65+,66+,70+,71-,72+,74-/m0/s1. The van der Waals surface area contributed by atoms with Crippen LogP contribution in [0.1, 0.15) is 266 Å². The highest BCUT2D eigenvalue weighted by molar-refractivity contribution is 7.99. The Bertz CT molecular complexity index is 2280. The number of carbonyl (C=O) groups excluding carboxylic acids is 4. The Morgan fingerprint density at radius 3 is 1.61 bits per heavy atom. The van der Waals surface area contributed by atoms with Crippen LogP contribution >= 0.6 is 11.8 Å². The summed E-state index contributed by atoms with van der Waals surface area (Å²) in [6.45, 7) is 5.69. The van der Waals surface area contributed by atoms with E-state index in [-0.39, 0.29) is 25.4 Å². The first-order valence-electron chi connectivity index (χ1n) is 34.5. The van der Waals surface area contributed by atoms with Crippen LogP contribution in [-0.2, 0) is 44.7 Å². The van der Waals surface area contributed by atoms with Crippen molar-refractivity contribution in [3.63, 3.8) is 0 Å². The average molecular weight is 1240 g/mol. The maximum Gasteiger partial charge on any atom is 0.338 e. The van der Waals surface area contributed by atoms with Crippen LogP contribution in [0.25, 0.3) is 0 Å². The van der Waals surface area contributed by atoms with Crippen molar-refractivity contribution >= 4 is 35.6 Å². The molecule has 1 saturated heterocycles. The summed E-state index contributed by atoms with van der Waals surface area (Å²) >= 11 is 1.29. The highest BCUT2D eigenvalue weighted by atomic mass is 32.2. The molecule has 0 bridgehead atoms. The fourth-order valence-corrected chi connectivity index (χ4v) is 12.3. The summed E-state index contributed by atoms with van der Waals surface area (Å²) in [5, 5.41) is 25.5. The highest BCUT2D eigenvalue weighted by Crippen LogP contribution is 2.37. The van der Waals surface area contributed by atoms with Crippen molar-refractivity contribution in [1.29, 1.82) is 0 Å². The summed E-state index contributed by atoms with van der Waals surface area (Å²) in [7, 11) is 1.58. The molecule has 7 atom stereocenters. The van der Waals surface area contributed by atoms with E-state index in [2.05, 4.69) is 19.2 Å². The van der Waals surface area contributed by atoms with Gasteiger partial charge in [-0.25, -0.2) is 4.79 Å². The van der Waals surface area contributed by atoms with E-state index in [9.17, 15) is 29.4 Å². The number of hydrogen-bond donors (Lipinski definition) is 3. The Morgan fingerprint density at radius 1 is 0.602 bits per heavy atom. The molecule has 3 aromatic carbocycles. The summed E-state index contributed by atoms with van der Waals surface area (Å²) < 4.78 is 36.0. The molecule has 1 aliphatic heterocycles. The van der Waals surface area contributed by atoms with E-state index in [4.69, 9.17) is 28.4 Å². The van der Waals surface area contributed by atoms with Crippen molar-refractivity contribution in [1.82, 2.24) is 5.32 Å². The van der Waals surface area contributed by atoms with Gasteiger partial charge in [0.05, 0.1) is 44.8 Å². The second-order valence-electron chi connectivity index (χ2n) is 24.4. The summed E-state index contributed by atoms with van der Waals surface area (Å²) in [5.41, 5.74) is 1.22. The van der Waals surface area contributed by atoms with E-state index in [0.29, 0.717) is 17.7 Å². The lowest BCUT2D eigenvalue weighted by Gasteiger charge is -2.43. The van der Waals surface area contributed by atoms with Gasteiger partial charge in [0.15, 0.2) is 6.10 Å². The number of hydrogen-bond acceptors (Lipinski definition) is 13. The van der Waals surface area contributed by atoms with Crippen molar-refractivity contribution in [2.24, 2.45) is 0 Å². The molecular weight excluding hydrogens is 1130 g/mol. The van der Waals surface area contributed by atoms with Crippen molar-refractivity contribution in [3.05, 3.63) is 108 Å². The number of allylic oxidation sites excluding steroid dienone is 1. The number of nitrogens with one attached hydrogen (secondary N) is 1. The van der Waals surface area contributed by atoms with Crippen LogP contribution < -0.4 is 10.1 Å². The highest BCUT2D eigenvalue weighted by Gasteiger charge is 2.49. The van der Waals surface area contributed by atoms with Gasteiger partial charge in [-0.15, -0.1) is 0 Å². The molecule has 3 aromatic rings. The summed E-state index contributed by atoms with van der Waals surface area (Å²) in [6, 6.07) is 22.7. The first-order chi connectivity index (χ1) is 43.0. The number of ether oxygens (including phenoxy) is 6. The number of aliphatic hydroxyl groups is 2. The molecule has 0 spiro atoms. The smallest absolute Gasteiger partial charge is 0.338 e. The summed E-state index contributed by atoms with van der Waals surface area (Å²) in [6.07, 6.45) is 38.9. The van der Waals surface area contributed by atoms with Crippen LogP contribution in [0.3, 0.4) is 0 Å². The number of esters is 3. The molecule has 1 aliphatic rings. The minimum absolute atomic E-state index is 0.0394. The molecule has 14 heteroatoms. The lowest BCUT2D eigenvalue weighted by molar-refractivity contribution is -0.226. The third-order valence-corrected chi connectivity index (χ3v) is 17.9. The van der Waals surface area contributed by atoms with E-state index in [1.165, 1.54) is 172 Å². The molecule has 0 saturated carbocycles. The minimum Gasteiger partial charge on any atom is -0.497 e. The van der Waals surface area contributed by atoms with Crippen LogP contribution in [0.2, 0.25) is 0 Å². The Morgan fingerprint density at radius 2 is 1.10 bits per heavy atom. The number of amides is 1. The Hall–Kier alpha value is -4.73. The van der Waals surface area contributed by atoms with Crippen molar-refractivity contribution < 1.29 is 57.8 Å². The van der Waals surface area contributed by atoms with Gasteiger partial charge in [-0.2, -0.15) is 0 Å². The monoisotopic (exact) mass is 1240 g/mol. The average Bonchev–Trinajstić information content (AvgIpc) is 3.15. The molecule has 1 amide bonds. The van der Waals surface area contributed by atoms with Crippen LogP contribution in [0.5, 0.6) is 5.75 Å². The predicted octanol–water partition coefficient (Wildman–Crippen LogP) is 17.6. The van der Waals surface area contributed by atoms with Gasteiger partial charge in [0.2, 0.25) is 5.91 Å². The van der Waals surface area contributed by atoms with Crippen LogP contribution in [-0.4, -0.2) is 96.3 Å². The zero-order valence-electron chi connectivity index (χ0n) is 54.7. The Balaban J connectivity index is 1.28. The lowest BCUT2D eigenvalue weighted by Crippen LogP contribution is -2.60. The maximum absolute atomic E-state index is 13.7. The van der Waals surface area contributed by atoms with E-state index in [1.807, 2.05) is 49.4 Å². The van der Waals surface area contributed by atoms with Gasteiger partial charge in [0, 0.05) is 11.3 Å². The van der Waals surface area contributed by atoms with Gasteiger partial charge in [-0.1, -0.05) is 272 Å². The molecule has 0 radical (unpaired) electrons. The van der Waals surface area contributed by atoms with E-state index < -0.39 is 73.1 Å². The molecule has 0 aromatic heterocycles. The van der Waals surface area contributed by atoms with Crippen molar-refractivity contribution in [3.8, 4) is 5.75 Å². The first-order valence-corrected chi connectivity index (χ1v) is 35.4. The lowest BCUT2D eigenvalue weighted by atomic mass is 9.99. The normalized spacial score (nSPS) is 17.4. The van der Waals surface area contributed by atoms with Crippen LogP contribution in [0.4, 0.5) is 0 Å². The molecule has 1 fully saturated rings. The van der Waals surface area contributed by atoms with Gasteiger partial charge in [-0.3, -0.25) is 14.4 Å². The Labute approximate surface area is 535 Å². The van der Waals surface area contributed by atoms with Crippen LogP contribution in [0.15, 0.2) is 95.9 Å². The largest absolute Gasteiger partial charge is 0.497 e. The number of rotatable bonds is 52. The zero-order chi connectivity index (χ0) is 63.1. The van der Waals surface area contributed by atoms with Crippen LogP contribution in [0, 0.1) is 6.92 Å². The van der Waals surface area contributed by atoms with Gasteiger partial charge >= 0.3 is 17.9 Å².